The molecule has 0 spiro atoms. The molecule has 0 amide bonds. The van der Waals surface area contributed by atoms with Gasteiger partial charge in [0.05, 0.1) is 18.8 Å². The zero-order chi connectivity index (χ0) is 19.7. The zero-order valence-corrected chi connectivity index (χ0v) is 16.7. The van der Waals surface area contributed by atoms with Crippen LogP contribution in [0.5, 0.6) is 0 Å². The molecule has 7 heteroatoms. The van der Waals surface area contributed by atoms with Crippen LogP contribution in [0.3, 0.4) is 0 Å². The Morgan fingerprint density at radius 2 is 2.04 bits per heavy atom. The second-order valence-electron chi connectivity index (χ2n) is 7.76. The largest absolute Gasteiger partial charge is 0.311 e. The van der Waals surface area contributed by atoms with Crippen LogP contribution in [0.15, 0.2) is 41.3 Å². The predicted molar refractivity (Wildman–Crippen MR) is 110 cm³/mol. The third kappa shape index (κ3) is 3.47. The van der Waals surface area contributed by atoms with Gasteiger partial charge in [0.25, 0.3) is 5.56 Å². The SMILES string of the molecule is CCC(c1nc2[nH]ncc2c(=O)n1Cc1ccccc1)N1CC(C)NCC1C. The zero-order valence-electron chi connectivity index (χ0n) is 16.7. The Morgan fingerprint density at radius 3 is 2.79 bits per heavy atom. The Bertz CT molecular complexity index is 995. The number of fused-ring (bicyclic) bond motifs is 1. The number of aromatic amines is 1. The molecule has 0 radical (unpaired) electrons. The number of nitrogens with zero attached hydrogens (tertiary/aromatic N) is 4. The summed E-state index contributed by atoms with van der Waals surface area (Å²) in [7, 11) is 0. The van der Waals surface area contributed by atoms with E-state index in [4.69, 9.17) is 4.98 Å². The molecule has 2 N–H and O–H groups in total. The second kappa shape index (κ2) is 7.85. The summed E-state index contributed by atoms with van der Waals surface area (Å²) in [6, 6.07) is 10.9. The molecule has 1 fully saturated rings. The number of rotatable bonds is 5. The molecular weight excluding hydrogens is 352 g/mol. The van der Waals surface area contributed by atoms with Crippen molar-refractivity contribution in [1.82, 2.24) is 30.0 Å². The number of aromatic nitrogens is 4. The van der Waals surface area contributed by atoms with Crippen LogP contribution in [-0.2, 0) is 6.54 Å². The van der Waals surface area contributed by atoms with Gasteiger partial charge in [-0.1, -0.05) is 37.3 Å². The van der Waals surface area contributed by atoms with E-state index in [0.717, 1.165) is 30.9 Å². The van der Waals surface area contributed by atoms with Gasteiger partial charge in [-0.2, -0.15) is 5.10 Å². The summed E-state index contributed by atoms with van der Waals surface area (Å²) < 4.78 is 1.83. The number of benzene rings is 1. The Hall–Kier alpha value is -2.51. The van der Waals surface area contributed by atoms with Crippen LogP contribution in [0.2, 0.25) is 0 Å². The molecule has 1 aliphatic rings. The van der Waals surface area contributed by atoms with Gasteiger partial charge in [0.15, 0.2) is 5.65 Å². The average molecular weight is 380 g/mol. The van der Waals surface area contributed by atoms with E-state index >= 15 is 0 Å². The molecule has 3 heterocycles. The molecule has 3 aromatic rings. The van der Waals surface area contributed by atoms with Gasteiger partial charge in [-0.25, -0.2) is 4.98 Å². The van der Waals surface area contributed by atoms with Crippen LogP contribution in [-0.4, -0.2) is 49.8 Å². The second-order valence-corrected chi connectivity index (χ2v) is 7.76. The Labute approximate surface area is 164 Å². The van der Waals surface area contributed by atoms with E-state index in [-0.39, 0.29) is 11.6 Å². The van der Waals surface area contributed by atoms with Crippen molar-refractivity contribution in [3.8, 4) is 0 Å². The molecule has 0 saturated carbocycles. The number of hydrogen-bond donors (Lipinski definition) is 2. The van der Waals surface area contributed by atoms with E-state index in [1.165, 1.54) is 0 Å². The van der Waals surface area contributed by atoms with Gasteiger partial charge in [0.2, 0.25) is 0 Å². The molecule has 2 aromatic heterocycles. The first kappa shape index (κ1) is 18.8. The molecule has 3 atom stereocenters. The maximum Gasteiger partial charge on any atom is 0.265 e. The summed E-state index contributed by atoms with van der Waals surface area (Å²) in [5.41, 5.74) is 1.62. The third-order valence-electron chi connectivity index (χ3n) is 5.68. The van der Waals surface area contributed by atoms with Crippen LogP contribution in [0.1, 0.15) is 44.6 Å². The number of piperazine rings is 1. The molecule has 28 heavy (non-hydrogen) atoms. The highest BCUT2D eigenvalue weighted by Crippen LogP contribution is 2.27. The highest BCUT2D eigenvalue weighted by atomic mass is 16.1. The molecule has 148 valence electrons. The van der Waals surface area contributed by atoms with Crippen molar-refractivity contribution in [1.29, 1.82) is 0 Å². The summed E-state index contributed by atoms with van der Waals surface area (Å²) in [6.45, 7) is 8.98. The minimum Gasteiger partial charge on any atom is -0.311 e. The number of H-pyrrole nitrogens is 1. The van der Waals surface area contributed by atoms with Gasteiger partial charge in [0, 0.05) is 25.2 Å². The molecule has 1 saturated heterocycles. The van der Waals surface area contributed by atoms with Crippen molar-refractivity contribution in [2.45, 2.75) is 51.9 Å². The summed E-state index contributed by atoms with van der Waals surface area (Å²) >= 11 is 0. The molecule has 1 aliphatic heterocycles. The fraction of sp³-hybridized carbons (Fsp3) is 0.476. The van der Waals surface area contributed by atoms with E-state index in [1.807, 2.05) is 34.9 Å². The highest BCUT2D eigenvalue weighted by Gasteiger charge is 2.32. The molecule has 3 unspecified atom stereocenters. The fourth-order valence-corrected chi connectivity index (χ4v) is 4.17. The minimum absolute atomic E-state index is 0.0353. The van der Waals surface area contributed by atoms with Gasteiger partial charge < -0.3 is 5.32 Å². The Morgan fingerprint density at radius 1 is 1.25 bits per heavy atom. The van der Waals surface area contributed by atoms with Crippen LogP contribution < -0.4 is 10.9 Å². The van der Waals surface area contributed by atoms with Crippen molar-refractivity contribution >= 4 is 11.0 Å². The topological polar surface area (TPSA) is 78.8 Å². The smallest absolute Gasteiger partial charge is 0.265 e. The van der Waals surface area contributed by atoms with E-state index in [0.29, 0.717) is 29.7 Å². The van der Waals surface area contributed by atoms with Crippen LogP contribution in [0.25, 0.3) is 11.0 Å². The van der Waals surface area contributed by atoms with Crippen molar-refractivity contribution in [2.24, 2.45) is 0 Å². The quantitative estimate of drug-likeness (QED) is 0.710. The Kier molecular flexibility index (Phi) is 5.28. The lowest BCUT2D eigenvalue weighted by molar-refractivity contribution is 0.0852. The van der Waals surface area contributed by atoms with Crippen LogP contribution >= 0.6 is 0 Å². The molecule has 4 rings (SSSR count). The summed E-state index contributed by atoms with van der Waals surface area (Å²) in [5.74, 6) is 0.814. The standard InChI is InChI=1S/C21H28N6O/c1-4-18(26-12-14(2)22-10-15(26)3)20-24-19-17(11-23-25-19)21(28)27(20)13-16-8-6-5-7-9-16/h5-9,11,14-15,18,22H,4,10,12-13H2,1-3H3,(H,23,25). The van der Waals surface area contributed by atoms with E-state index in [2.05, 4.69) is 41.2 Å². The molecular formula is C21H28N6O. The molecule has 0 bridgehead atoms. The number of nitrogens with one attached hydrogen (secondary N) is 2. The van der Waals surface area contributed by atoms with Gasteiger partial charge in [-0.3, -0.25) is 19.4 Å². The normalized spacial score (nSPS) is 21.8. The van der Waals surface area contributed by atoms with Crippen molar-refractivity contribution in [3.05, 3.63) is 58.3 Å². The van der Waals surface area contributed by atoms with Crippen LogP contribution in [0, 0.1) is 0 Å². The monoisotopic (exact) mass is 380 g/mol. The Balaban J connectivity index is 1.83. The van der Waals surface area contributed by atoms with Crippen molar-refractivity contribution in [2.75, 3.05) is 13.1 Å². The summed E-state index contributed by atoms with van der Waals surface area (Å²) in [5, 5.41) is 11.0. The lowest BCUT2D eigenvalue weighted by Gasteiger charge is -2.42. The lowest BCUT2D eigenvalue weighted by Crippen LogP contribution is -2.55. The maximum absolute atomic E-state index is 13.3. The summed E-state index contributed by atoms with van der Waals surface area (Å²) in [4.78, 5) is 20.7. The molecule has 7 nitrogen and oxygen atoms in total. The third-order valence-corrected chi connectivity index (χ3v) is 5.68. The lowest BCUT2D eigenvalue weighted by atomic mass is 10.0. The molecule has 1 aromatic carbocycles. The number of hydrogen-bond acceptors (Lipinski definition) is 5. The van der Waals surface area contributed by atoms with Crippen LogP contribution in [0.4, 0.5) is 0 Å². The average Bonchev–Trinajstić information content (AvgIpc) is 3.17. The fourth-order valence-electron chi connectivity index (χ4n) is 4.17. The van der Waals surface area contributed by atoms with Gasteiger partial charge in [0.1, 0.15) is 11.2 Å². The van der Waals surface area contributed by atoms with Gasteiger partial charge in [-0.15, -0.1) is 0 Å². The van der Waals surface area contributed by atoms with E-state index < -0.39 is 0 Å². The first-order chi connectivity index (χ1) is 13.6. The highest BCUT2D eigenvalue weighted by molar-refractivity contribution is 5.72. The molecule has 0 aliphatic carbocycles. The summed E-state index contributed by atoms with van der Waals surface area (Å²) in [6.07, 6.45) is 2.46. The minimum atomic E-state index is -0.0353. The first-order valence-electron chi connectivity index (χ1n) is 10.0. The van der Waals surface area contributed by atoms with Gasteiger partial charge >= 0.3 is 0 Å². The predicted octanol–water partition coefficient (Wildman–Crippen LogP) is 2.30. The van der Waals surface area contributed by atoms with Crippen molar-refractivity contribution in [3.63, 3.8) is 0 Å². The first-order valence-corrected chi connectivity index (χ1v) is 10.0. The maximum atomic E-state index is 13.3. The van der Waals surface area contributed by atoms with Gasteiger partial charge in [-0.05, 0) is 25.8 Å². The van der Waals surface area contributed by atoms with Crippen molar-refractivity contribution < 1.29 is 0 Å². The van der Waals surface area contributed by atoms with E-state index in [1.54, 1.807) is 6.20 Å². The van der Waals surface area contributed by atoms with E-state index in [9.17, 15) is 4.79 Å².